The summed E-state index contributed by atoms with van der Waals surface area (Å²) in [5.74, 6) is 0.0932. The van der Waals surface area contributed by atoms with Crippen molar-refractivity contribution >= 4 is 39.9 Å². The minimum Gasteiger partial charge on any atom is -0.339 e. The molecule has 9 heteroatoms. The fourth-order valence-corrected chi connectivity index (χ4v) is 2.80. The number of nitrogens with one attached hydrogen (secondary N) is 1. The van der Waals surface area contributed by atoms with E-state index in [1.807, 2.05) is 22.9 Å². The first-order chi connectivity index (χ1) is 10.5. The molecule has 1 aliphatic heterocycles. The Kier molecular flexibility index (Phi) is 7.90. The van der Waals surface area contributed by atoms with E-state index in [9.17, 15) is 14.9 Å². The Bertz CT molecular complexity index is 567. The Morgan fingerprint density at radius 1 is 1.43 bits per heavy atom. The first kappa shape index (κ1) is 19.8. The van der Waals surface area contributed by atoms with Gasteiger partial charge in [-0.1, -0.05) is 6.07 Å². The number of halogens is 2. The number of carbonyl (C=O) groups excluding carboxylic acids is 1. The van der Waals surface area contributed by atoms with Crippen molar-refractivity contribution in [2.75, 3.05) is 39.8 Å². The Morgan fingerprint density at radius 3 is 2.70 bits per heavy atom. The van der Waals surface area contributed by atoms with Gasteiger partial charge in [0, 0.05) is 38.8 Å². The molecule has 1 aliphatic rings. The highest BCUT2D eigenvalue weighted by Crippen LogP contribution is 2.26. The zero-order chi connectivity index (χ0) is 16.1. The molecule has 0 bridgehead atoms. The molecule has 0 aromatic heterocycles. The SMILES string of the molecule is CN(CC(=O)N1CCNCC1)Cc1ccc(Br)c([N+](=O)[O-])c1.Cl. The standard InChI is InChI=1S/C14H19BrN4O3.ClH/c1-17(10-14(20)18-6-4-16-5-7-18)9-11-2-3-12(15)13(8-11)19(21)22;/h2-3,8,16H,4-7,9-10H2,1H3;1H. The van der Waals surface area contributed by atoms with Crippen molar-refractivity contribution in [1.29, 1.82) is 0 Å². The van der Waals surface area contributed by atoms with Crippen LogP contribution in [0.3, 0.4) is 0 Å². The fraction of sp³-hybridized carbons (Fsp3) is 0.500. The van der Waals surface area contributed by atoms with E-state index in [2.05, 4.69) is 21.2 Å². The fourth-order valence-electron chi connectivity index (χ4n) is 2.41. The highest BCUT2D eigenvalue weighted by molar-refractivity contribution is 9.10. The predicted molar refractivity (Wildman–Crippen MR) is 93.8 cm³/mol. The number of nitro groups is 1. The molecule has 2 rings (SSSR count). The predicted octanol–water partition coefficient (Wildman–Crippen LogP) is 1.64. The van der Waals surface area contributed by atoms with Gasteiger partial charge in [0.15, 0.2) is 0 Å². The average molecular weight is 408 g/mol. The molecule has 7 nitrogen and oxygen atoms in total. The molecule has 0 atom stereocenters. The lowest BCUT2D eigenvalue weighted by atomic mass is 10.2. The van der Waals surface area contributed by atoms with E-state index < -0.39 is 4.92 Å². The normalized spacial score (nSPS) is 14.5. The molecule has 0 saturated carbocycles. The first-order valence-corrected chi connectivity index (χ1v) is 7.86. The summed E-state index contributed by atoms with van der Waals surface area (Å²) in [4.78, 5) is 26.4. The summed E-state index contributed by atoms with van der Waals surface area (Å²) in [6.07, 6.45) is 0. The molecular formula is C14H20BrClN4O3. The van der Waals surface area contributed by atoms with Crippen LogP contribution in [0, 0.1) is 10.1 Å². The molecular weight excluding hydrogens is 388 g/mol. The molecule has 0 radical (unpaired) electrons. The van der Waals surface area contributed by atoms with E-state index in [0.717, 1.165) is 31.7 Å². The maximum atomic E-state index is 12.2. The third-order valence-corrected chi connectivity index (χ3v) is 4.21. The molecule has 1 heterocycles. The minimum atomic E-state index is -0.417. The summed E-state index contributed by atoms with van der Waals surface area (Å²) in [5, 5.41) is 14.1. The van der Waals surface area contributed by atoms with Crippen LogP contribution in [0.4, 0.5) is 5.69 Å². The number of nitrogens with zero attached hydrogens (tertiary/aromatic N) is 3. The minimum absolute atomic E-state index is 0. The maximum absolute atomic E-state index is 12.2. The van der Waals surface area contributed by atoms with Gasteiger partial charge in [-0.15, -0.1) is 12.4 Å². The quantitative estimate of drug-likeness (QED) is 0.593. The number of piperazine rings is 1. The van der Waals surface area contributed by atoms with E-state index >= 15 is 0 Å². The Hall–Kier alpha value is -1.22. The van der Waals surface area contributed by atoms with Gasteiger partial charge in [-0.05, 0) is 34.6 Å². The largest absolute Gasteiger partial charge is 0.339 e. The topological polar surface area (TPSA) is 78.7 Å². The van der Waals surface area contributed by atoms with Crippen LogP contribution in [0.5, 0.6) is 0 Å². The van der Waals surface area contributed by atoms with Gasteiger partial charge in [-0.2, -0.15) is 0 Å². The lowest BCUT2D eigenvalue weighted by Gasteiger charge is -2.29. The smallest absolute Gasteiger partial charge is 0.283 e. The number of carbonyl (C=O) groups is 1. The van der Waals surface area contributed by atoms with E-state index in [1.165, 1.54) is 6.07 Å². The van der Waals surface area contributed by atoms with Gasteiger partial charge in [0.05, 0.1) is 15.9 Å². The molecule has 1 saturated heterocycles. The van der Waals surface area contributed by atoms with Crippen LogP contribution in [0.25, 0.3) is 0 Å². The zero-order valence-electron chi connectivity index (χ0n) is 12.8. The van der Waals surface area contributed by atoms with Crippen molar-refractivity contribution in [3.8, 4) is 0 Å². The molecule has 0 aliphatic carbocycles. The number of likely N-dealkylation sites (N-methyl/N-ethyl adjacent to an activating group) is 1. The summed E-state index contributed by atoms with van der Waals surface area (Å²) in [7, 11) is 1.84. The second-order valence-electron chi connectivity index (χ2n) is 5.35. The average Bonchev–Trinajstić information content (AvgIpc) is 2.49. The van der Waals surface area contributed by atoms with Crippen LogP contribution in [-0.2, 0) is 11.3 Å². The monoisotopic (exact) mass is 406 g/mol. The van der Waals surface area contributed by atoms with Crippen molar-refractivity contribution < 1.29 is 9.72 Å². The van der Waals surface area contributed by atoms with Crippen LogP contribution in [0.1, 0.15) is 5.56 Å². The van der Waals surface area contributed by atoms with Crippen LogP contribution in [0.2, 0.25) is 0 Å². The van der Waals surface area contributed by atoms with Crippen LogP contribution >= 0.6 is 28.3 Å². The third kappa shape index (κ3) is 5.72. The Labute approximate surface area is 149 Å². The van der Waals surface area contributed by atoms with E-state index in [0.29, 0.717) is 17.6 Å². The molecule has 1 N–H and O–H groups in total. The van der Waals surface area contributed by atoms with Crippen molar-refractivity contribution in [3.05, 3.63) is 38.3 Å². The number of nitro benzene ring substituents is 1. The summed E-state index contributed by atoms with van der Waals surface area (Å²) >= 11 is 3.17. The van der Waals surface area contributed by atoms with E-state index in [1.54, 1.807) is 6.07 Å². The first-order valence-electron chi connectivity index (χ1n) is 7.07. The van der Waals surface area contributed by atoms with Gasteiger partial charge in [0.2, 0.25) is 5.91 Å². The van der Waals surface area contributed by atoms with Gasteiger partial charge in [-0.25, -0.2) is 0 Å². The molecule has 128 valence electrons. The van der Waals surface area contributed by atoms with Gasteiger partial charge in [0.1, 0.15) is 0 Å². The summed E-state index contributed by atoms with van der Waals surface area (Å²) < 4.78 is 0.459. The zero-order valence-corrected chi connectivity index (χ0v) is 15.2. The summed E-state index contributed by atoms with van der Waals surface area (Å²) in [6.45, 7) is 3.92. The van der Waals surface area contributed by atoms with Gasteiger partial charge >= 0.3 is 0 Å². The molecule has 1 aromatic carbocycles. The lowest BCUT2D eigenvalue weighted by molar-refractivity contribution is -0.385. The molecule has 0 spiro atoms. The number of benzene rings is 1. The Morgan fingerprint density at radius 2 is 2.09 bits per heavy atom. The number of rotatable bonds is 5. The number of hydrogen-bond donors (Lipinski definition) is 1. The maximum Gasteiger partial charge on any atom is 0.283 e. The molecule has 1 aromatic rings. The Balaban J connectivity index is 0.00000264. The lowest BCUT2D eigenvalue weighted by Crippen LogP contribution is -2.49. The van der Waals surface area contributed by atoms with Crippen molar-refractivity contribution in [2.24, 2.45) is 0 Å². The van der Waals surface area contributed by atoms with Crippen LogP contribution in [-0.4, -0.2) is 60.4 Å². The third-order valence-electron chi connectivity index (χ3n) is 3.53. The number of hydrogen-bond acceptors (Lipinski definition) is 5. The molecule has 23 heavy (non-hydrogen) atoms. The van der Waals surface area contributed by atoms with Crippen molar-refractivity contribution in [2.45, 2.75) is 6.54 Å². The van der Waals surface area contributed by atoms with Crippen LogP contribution in [0.15, 0.2) is 22.7 Å². The van der Waals surface area contributed by atoms with Gasteiger partial charge in [-0.3, -0.25) is 19.8 Å². The number of amides is 1. The molecule has 1 amide bonds. The van der Waals surface area contributed by atoms with E-state index in [4.69, 9.17) is 0 Å². The highest BCUT2D eigenvalue weighted by atomic mass is 79.9. The van der Waals surface area contributed by atoms with Crippen molar-refractivity contribution in [3.63, 3.8) is 0 Å². The summed E-state index contributed by atoms with van der Waals surface area (Å²) in [6, 6.07) is 5.03. The van der Waals surface area contributed by atoms with Gasteiger partial charge in [0.25, 0.3) is 5.69 Å². The van der Waals surface area contributed by atoms with E-state index in [-0.39, 0.29) is 24.0 Å². The second kappa shape index (κ2) is 9.17. The second-order valence-corrected chi connectivity index (χ2v) is 6.20. The van der Waals surface area contributed by atoms with Crippen molar-refractivity contribution in [1.82, 2.24) is 15.1 Å². The van der Waals surface area contributed by atoms with Crippen LogP contribution < -0.4 is 5.32 Å². The molecule has 1 fully saturated rings. The summed E-state index contributed by atoms with van der Waals surface area (Å²) in [5.41, 5.74) is 0.852. The molecule has 0 unspecified atom stereocenters. The van der Waals surface area contributed by atoms with Gasteiger partial charge < -0.3 is 10.2 Å². The highest BCUT2D eigenvalue weighted by Gasteiger charge is 2.18.